The number of epoxide rings is 1. The second-order valence-corrected chi connectivity index (χ2v) is 2.81. The topological polar surface area (TPSA) is 36.3 Å². The fraction of sp³-hybridized carbons (Fsp3) is 0.857. The molecule has 2 heteroatoms. The van der Waals surface area contributed by atoms with E-state index in [1.807, 2.05) is 0 Å². The molecule has 1 saturated carbocycles. The minimum Gasteiger partial charge on any atom is -0.368 e. The number of hydrogen-bond acceptors (Lipinski definition) is 2. The normalized spacial score (nSPS) is 47.2. The highest BCUT2D eigenvalue weighted by molar-refractivity contribution is 5.03. The molecular weight excluding hydrogens is 114 g/mol. The molecule has 3 atom stereocenters. The number of nitriles is 1. The molecule has 9 heavy (non-hydrogen) atoms. The number of nitrogens with zero attached hydrogens (tertiary/aromatic N) is 1. The van der Waals surface area contributed by atoms with E-state index in [0.717, 1.165) is 6.42 Å². The molecule has 1 heterocycles. The monoisotopic (exact) mass is 123 g/mol. The third-order valence-corrected chi connectivity index (χ3v) is 2.19. The van der Waals surface area contributed by atoms with Gasteiger partial charge in [0.2, 0.25) is 0 Å². The van der Waals surface area contributed by atoms with Crippen molar-refractivity contribution >= 4 is 0 Å². The Morgan fingerprint density at radius 1 is 1.44 bits per heavy atom. The molecule has 1 aliphatic heterocycles. The van der Waals surface area contributed by atoms with E-state index in [4.69, 9.17) is 10.00 Å². The number of fused-ring (bicyclic) bond motifs is 1. The number of hydrogen-bond donors (Lipinski definition) is 0. The summed E-state index contributed by atoms with van der Waals surface area (Å²) in [6.45, 7) is 0. The van der Waals surface area contributed by atoms with Gasteiger partial charge in [0.15, 0.2) is 0 Å². The van der Waals surface area contributed by atoms with E-state index >= 15 is 0 Å². The van der Waals surface area contributed by atoms with E-state index < -0.39 is 0 Å². The highest BCUT2D eigenvalue weighted by atomic mass is 16.6. The van der Waals surface area contributed by atoms with Gasteiger partial charge in [0.1, 0.15) is 0 Å². The summed E-state index contributed by atoms with van der Waals surface area (Å²) in [5.41, 5.74) is 0. The standard InChI is InChI=1S/C7H9NO/c8-4-5-2-1-3-6-7(5)9-6/h5-7H,1-3H2/t5-,6+,7-/m0/s1. The van der Waals surface area contributed by atoms with E-state index in [-0.39, 0.29) is 5.92 Å². The van der Waals surface area contributed by atoms with Gasteiger partial charge >= 0.3 is 0 Å². The van der Waals surface area contributed by atoms with E-state index in [1.165, 1.54) is 12.8 Å². The van der Waals surface area contributed by atoms with Gasteiger partial charge in [-0.15, -0.1) is 0 Å². The molecule has 0 bridgehead atoms. The van der Waals surface area contributed by atoms with Crippen LogP contribution < -0.4 is 0 Å². The van der Waals surface area contributed by atoms with Gasteiger partial charge in [-0.3, -0.25) is 0 Å². The average molecular weight is 123 g/mol. The Morgan fingerprint density at radius 2 is 2.33 bits per heavy atom. The van der Waals surface area contributed by atoms with Crippen LogP contribution in [0.5, 0.6) is 0 Å². The molecule has 0 amide bonds. The zero-order chi connectivity index (χ0) is 6.27. The second-order valence-electron chi connectivity index (χ2n) is 2.81. The second kappa shape index (κ2) is 1.71. The molecule has 48 valence electrons. The molecule has 0 aromatic carbocycles. The summed E-state index contributed by atoms with van der Waals surface area (Å²) in [5, 5.41) is 8.56. The van der Waals surface area contributed by atoms with Crippen LogP contribution >= 0.6 is 0 Å². The molecule has 2 nitrogen and oxygen atoms in total. The fourth-order valence-corrected chi connectivity index (χ4v) is 1.58. The SMILES string of the molecule is N#C[C@@H]1CCC[C@H]2O[C@@H]12. The van der Waals surface area contributed by atoms with Crippen LogP contribution in [0.4, 0.5) is 0 Å². The summed E-state index contributed by atoms with van der Waals surface area (Å²) in [5.74, 6) is 0.212. The molecule has 0 aromatic rings. The summed E-state index contributed by atoms with van der Waals surface area (Å²) in [6, 6.07) is 2.27. The number of ether oxygens (including phenoxy) is 1. The Kier molecular flexibility index (Phi) is 1.000. The Morgan fingerprint density at radius 3 is 3.00 bits per heavy atom. The highest BCUT2D eigenvalue weighted by Gasteiger charge is 2.47. The van der Waals surface area contributed by atoms with Gasteiger partial charge in [0.25, 0.3) is 0 Å². The van der Waals surface area contributed by atoms with Crippen molar-refractivity contribution in [2.24, 2.45) is 5.92 Å². The van der Waals surface area contributed by atoms with Crippen molar-refractivity contribution in [2.75, 3.05) is 0 Å². The summed E-state index contributed by atoms with van der Waals surface area (Å²) < 4.78 is 5.26. The molecule has 2 rings (SSSR count). The lowest BCUT2D eigenvalue weighted by atomic mass is 9.91. The van der Waals surface area contributed by atoms with Crippen LogP contribution in [0.3, 0.4) is 0 Å². The molecular formula is C7H9NO. The first-order valence-corrected chi connectivity index (χ1v) is 3.47. The van der Waals surface area contributed by atoms with E-state index in [2.05, 4.69) is 6.07 Å². The van der Waals surface area contributed by atoms with Gasteiger partial charge < -0.3 is 4.74 Å². The zero-order valence-electron chi connectivity index (χ0n) is 5.21. The molecule has 0 aromatic heterocycles. The van der Waals surface area contributed by atoms with Crippen LogP contribution in [0.2, 0.25) is 0 Å². The lowest BCUT2D eigenvalue weighted by Crippen LogP contribution is -2.13. The lowest BCUT2D eigenvalue weighted by molar-refractivity contribution is 0.354. The zero-order valence-corrected chi connectivity index (χ0v) is 5.21. The Labute approximate surface area is 54.4 Å². The number of rotatable bonds is 0. The molecule has 0 radical (unpaired) electrons. The molecule has 0 N–H and O–H groups in total. The maximum atomic E-state index is 8.56. The largest absolute Gasteiger partial charge is 0.368 e. The van der Waals surface area contributed by atoms with Gasteiger partial charge in [-0.25, -0.2) is 0 Å². The van der Waals surface area contributed by atoms with E-state index in [9.17, 15) is 0 Å². The van der Waals surface area contributed by atoms with Crippen LogP contribution in [-0.2, 0) is 4.74 Å². The maximum Gasteiger partial charge on any atom is 0.0999 e. The average Bonchev–Trinajstić information content (AvgIpc) is 2.64. The van der Waals surface area contributed by atoms with E-state index in [0.29, 0.717) is 12.2 Å². The molecule has 2 fully saturated rings. The van der Waals surface area contributed by atoms with Crippen molar-refractivity contribution in [3.63, 3.8) is 0 Å². The predicted molar refractivity (Wildman–Crippen MR) is 31.6 cm³/mol. The maximum absolute atomic E-state index is 8.56. The van der Waals surface area contributed by atoms with Gasteiger partial charge in [-0.05, 0) is 19.3 Å². The van der Waals surface area contributed by atoms with Crippen molar-refractivity contribution in [3.05, 3.63) is 0 Å². The van der Waals surface area contributed by atoms with Gasteiger partial charge in [-0.1, -0.05) is 0 Å². The van der Waals surface area contributed by atoms with Crippen molar-refractivity contribution in [2.45, 2.75) is 31.5 Å². The van der Waals surface area contributed by atoms with Crippen molar-refractivity contribution in [1.82, 2.24) is 0 Å². The van der Waals surface area contributed by atoms with Gasteiger partial charge in [0, 0.05) is 0 Å². The van der Waals surface area contributed by atoms with Crippen molar-refractivity contribution in [3.8, 4) is 6.07 Å². The predicted octanol–water partition coefficient (Wildman–Crippen LogP) is 1.08. The third-order valence-electron chi connectivity index (χ3n) is 2.19. The lowest BCUT2D eigenvalue weighted by Gasteiger charge is -2.08. The fourth-order valence-electron chi connectivity index (χ4n) is 1.58. The third kappa shape index (κ3) is 0.727. The molecule has 0 spiro atoms. The Hall–Kier alpha value is -0.550. The van der Waals surface area contributed by atoms with Crippen LogP contribution in [0.15, 0.2) is 0 Å². The van der Waals surface area contributed by atoms with Crippen LogP contribution in [0, 0.1) is 17.2 Å². The van der Waals surface area contributed by atoms with Crippen LogP contribution in [-0.4, -0.2) is 12.2 Å². The summed E-state index contributed by atoms with van der Waals surface area (Å²) in [7, 11) is 0. The summed E-state index contributed by atoms with van der Waals surface area (Å²) in [4.78, 5) is 0. The minimum absolute atomic E-state index is 0.212. The van der Waals surface area contributed by atoms with Gasteiger partial charge in [-0.2, -0.15) is 5.26 Å². The summed E-state index contributed by atoms with van der Waals surface area (Å²) >= 11 is 0. The smallest absolute Gasteiger partial charge is 0.0999 e. The molecule has 1 saturated heterocycles. The van der Waals surface area contributed by atoms with E-state index in [1.54, 1.807) is 0 Å². The summed E-state index contributed by atoms with van der Waals surface area (Å²) in [6.07, 6.45) is 4.20. The first kappa shape index (κ1) is 5.25. The Bertz CT molecular complexity index is 161. The Balaban J connectivity index is 2.02. The highest BCUT2D eigenvalue weighted by Crippen LogP contribution is 2.39. The quantitative estimate of drug-likeness (QED) is 0.452. The van der Waals surface area contributed by atoms with Gasteiger partial charge in [0.05, 0.1) is 24.2 Å². The molecule has 1 aliphatic carbocycles. The first-order valence-electron chi connectivity index (χ1n) is 3.47. The minimum atomic E-state index is 0.212. The van der Waals surface area contributed by atoms with Crippen molar-refractivity contribution < 1.29 is 4.74 Å². The van der Waals surface area contributed by atoms with Crippen LogP contribution in [0.25, 0.3) is 0 Å². The first-order chi connectivity index (χ1) is 4.42. The molecule has 2 aliphatic rings. The van der Waals surface area contributed by atoms with Crippen molar-refractivity contribution in [1.29, 1.82) is 5.26 Å². The van der Waals surface area contributed by atoms with Crippen LogP contribution in [0.1, 0.15) is 19.3 Å². The molecule has 0 unspecified atom stereocenters.